The third-order valence-corrected chi connectivity index (χ3v) is 2.69. The van der Waals surface area contributed by atoms with Gasteiger partial charge in [0.1, 0.15) is 0 Å². The fourth-order valence-electron chi connectivity index (χ4n) is 1.41. The van der Waals surface area contributed by atoms with Crippen LogP contribution in [0.2, 0.25) is 0 Å². The molecular formula is C13H15NO3. The number of anilines is 1. The predicted molar refractivity (Wildman–Crippen MR) is 66.1 cm³/mol. The molecule has 4 heteroatoms. The van der Waals surface area contributed by atoms with Crippen LogP contribution in [0.4, 0.5) is 5.69 Å². The number of carboxylic acids is 1. The fraction of sp³-hybridized carbons (Fsp3) is 0.231. The number of amides is 1. The molecule has 0 bridgehead atoms. The van der Waals surface area contributed by atoms with Crippen LogP contribution >= 0.6 is 0 Å². The van der Waals surface area contributed by atoms with Crippen molar-refractivity contribution in [1.29, 1.82) is 0 Å². The Kier molecular flexibility index (Phi) is 4.04. The summed E-state index contributed by atoms with van der Waals surface area (Å²) < 4.78 is 0. The lowest BCUT2D eigenvalue weighted by Crippen LogP contribution is -2.10. The Morgan fingerprint density at radius 3 is 2.35 bits per heavy atom. The quantitative estimate of drug-likeness (QED) is 0.786. The number of rotatable bonds is 3. The van der Waals surface area contributed by atoms with Gasteiger partial charge in [-0.3, -0.25) is 4.79 Å². The average Bonchev–Trinajstić information content (AvgIpc) is 2.27. The topological polar surface area (TPSA) is 66.4 Å². The third-order valence-electron chi connectivity index (χ3n) is 2.69. The van der Waals surface area contributed by atoms with E-state index in [0.717, 1.165) is 28.8 Å². The van der Waals surface area contributed by atoms with E-state index < -0.39 is 11.9 Å². The summed E-state index contributed by atoms with van der Waals surface area (Å²) in [6.45, 7) is 5.89. The Balaban J connectivity index is 2.86. The van der Waals surface area contributed by atoms with Crippen molar-refractivity contribution in [2.45, 2.75) is 20.8 Å². The zero-order valence-electron chi connectivity index (χ0n) is 10.1. The second kappa shape index (κ2) is 5.30. The molecular weight excluding hydrogens is 218 g/mol. The van der Waals surface area contributed by atoms with Crippen LogP contribution in [-0.4, -0.2) is 17.0 Å². The van der Waals surface area contributed by atoms with Gasteiger partial charge in [0.2, 0.25) is 5.91 Å². The zero-order chi connectivity index (χ0) is 13.0. The molecule has 0 aliphatic carbocycles. The molecule has 0 fully saturated rings. The second-order valence-corrected chi connectivity index (χ2v) is 3.84. The molecule has 1 amide bonds. The van der Waals surface area contributed by atoms with Gasteiger partial charge in [-0.25, -0.2) is 4.79 Å². The molecule has 0 heterocycles. The number of carbonyl (C=O) groups excluding carboxylic acids is 1. The number of carbonyl (C=O) groups is 2. The first-order chi connectivity index (χ1) is 7.91. The summed E-state index contributed by atoms with van der Waals surface area (Å²) in [7, 11) is 0. The van der Waals surface area contributed by atoms with Gasteiger partial charge in [0.25, 0.3) is 0 Å². The van der Waals surface area contributed by atoms with E-state index in [1.165, 1.54) is 0 Å². The maximum Gasteiger partial charge on any atom is 0.328 e. The maximum atomic E-state index is 11.4. The Labute approximate surface area is 100.0 Å². The highest BCUT2D eigenvalue weighted by molar-refractivity contribution is 6.02. The van der Waals surface area contributed by atoms with Gasteiger partial charge in [0.15, 0.2) is 0 Å². The van der Waals surface area contributed by atoms with Crippen molar-refractivity contribution in [3.05, 3.63) is 41.0 Å². The number of nitrogens with one attached hydrogen (secondary N) is 1. The maximum absolute atomic E-state index is 11.4. The molecule has 0 aliphatic rings. The largest absolute Gasteiger partial charge is 0.478 e. The van der Waals surface area contributed by atoms with Gasteiger partial charge >= 0.3 is 5.97 Å². The summed E-state index contributed by atoms with van der Waals surface area (Å²) in [5.74, 6) is -1.59. The smallest absolute Gasteiger partial charge is 0.328 e. The number of hydrogen-bond donors (Lipinski definition) is 2. The van der Waals surface area contributed by atoms with Gasteiger partial charge in [-0.05, 0) is 43.5 Å². The van der Waals surface area contributed by atoms with Crippen LogP contribution in [0.3, 0.4) is 0 Å². The Bertz CT molecular complexity index is 490. The van der Waals surface area contributed by atoms with E-state index in [0.29, 0.717) is 5.69 Å². The molecule has 0 atom stereocenters. The molecule has 0 saturated carbocycles. The van der Waals surface area contributed by atoms with Gasteiger partial charge in [0, 0.05) is 17.8 Å². The van der Waals surface area contributed by atoms with E-state index in [9.17, 15) is 9.59 Å². The van der Waals surface area contributed by atoms with E-state index in [4.69, 9.17) is 5.11 Å². The summed E-state index contributed by atoms with van der Waals surface area (Å²) in [4.78, 5) is 21.7. The van der Waals surface area contributed by atoms with Crippen LogP contribution in [0.5, 0.6) is 0 Å². The van der Waals surface area contributed by atoms with E-state index >= 15 is 0 Å². The van der Waals surface area contributed by atoms with Crippen molar-refractivity contribution in [3.63, 3.8) is 0 Å². The lowest BCUT2D eigenvalue weighted by molar-refractivity contribution is -0.131. The first kappa shape index (κ1) is 13.0. The standard InChI is InChI=1S/C13H15NO3/c1-8-4-5-11(10(3)9(8)2)14-12(15)6-7-13(16)17/h4-7H,1-3H3,(H,14,15)(H,16,17)/b7-6+. The van der Waals surface area contributed by atoms with Crippen LogP contribution in [0.15, 0.2) is 24.3 Å². The minimum Gasteiger partial charge on any atom is -0.478 e. The minimum absolute atomic E-state index is 0.446. The Morgan fingerprint density at radius 2 is 1.76 bits per heavy atom. The monoisotopic (exact) mass is 233 g/mol. The SMILES string of the molecule is Cc1ccc(NC(=O)/C=C/C(=O)O)c(C)c1C. The first-order valence-corrected chi connectivity index (χ1v) is 5.20. The molecule has 0 radical (unpaired) electrons. The fourth-order valence-corrected chi connectivity index (χ4v) is 1.41. The summed E-state index contributed by atoms with van der Waals surface area (Å²) in [6, 6.07) is 3.73. The van der Waals surface area contributed by atoms with Crippen molar-refractivity contribution in [2.24, 2.45) is 0 Å². The zero-order valence-corrected chi connectivity index (χ0v) is 10.1. The van der Waals surface area contributed by atoms with Gasteiger partial charge in [-0.1, -0.05) is 6.07 Å². The minimum atomic E-state index is -1.14. The molecule has 90 valence electrons. The van der Waals surface area contributed by atoms with Crippen LogP contribution in [0.1, 0.15) is 16.7 Å². The number of benzene rings is 1. The van der Waals surface area contributed by atoms with Crippen molar-refractivity contribution >= 4 is 17.6 Å². The molecule has 1 rings (SSSR count). The van der Waals surface area contributed by atoms with E-state index in [-0.39, 0.29) is 0 Å². The van der Waals surface area contributed by atoms with Gasteiger partial charge in [0.05, 0.1) is 0 Å². The summed E-state index contributed by atoms with van der Waals surface area (Å²) >= 11 is 0. The van der Waals surface area contributed by atoms with Crippen molar-refractivity contribution in [2.75, 3.05) is 5.32 Å². The molecule has 4 nitrogen and oxygen atoms in total. The Morgan fingerprint density at radius 1 is 1.12 bits per heavy atom. The molecule has 1 aromatic rings. The lowest BCUT2D eigenvalue weighted by atomic mass is 10.0. The van der Waals surface area contributed by atoms with Crippen LogP contribution in [0.25, 0.3) is 0 Å². The second-order valence-electron chi connectivity index (χ2n) is 3.84. The lowest BCUT2D eigenvalue weighted by Gasteiger charge is -2.11. The number of hydrogen-bond acceptors (Lipinski definition) is 2. The predicted octanol–water partition coefficient (Wildman–Crippen LogP) is 2.19. The number of aliphatic carboxylic acids is 1. The molecule has 0 unspecified atom stereocenters. The molecule has 17 heavy (non-hydrogen) atoms. The van der Waals surface area contributed by atoms with Crippen molar-refractivity contribution < 1.29 is 14.7 Å². The molecule has 1 aromatic carbocycles. The van der Waals surface area contributed by atoms with Crippen LogP contribution in [-0.2, 0) is 9.59 Å². The van der Waals surface area contributed by atoms with E-state index in [1.807, 2.05) is 32.9 Å². The molecule has 0 saturated heterocycles. The Hall–Kier alpha value is -2.10. The van der Waals surface area contributed by atoms with Crippen LogP contribution in [0, 0.1) is 20.8 Å². The molecule has 2 N–H and O–H groups in total. The van der Waals surface area contributed by atoms with Crippen molar-refractivity contribution in [3.8, 4) is 0 Å². The van der Waals surface area contributed by atoms with E-state index in [2.05, 4.69) is 5.32 Å². The highest BCUT2D eigenvalue weighted by Crippen LogP contribution is 2.21. The molecule has 0 aromatic heterocycles. The molecule has 0 spiro atoms. The summed E-state index contributed by atoms with van der Waals surface area (Å²) in [6.07, 6.45) is 1.81. The van der Waals surface area contributed by atoms with Crippen LogP contribution < -0.4 is 5.32 Å². The highest BCUT2D eigenvalue weighted by Gasteiger charge is 2.05. The summed E-state index contributed by atoms with van der Waals surface area (Å²) in [5, 5.41) is 11.0. The van der Waals surface area contributed by atoms with Gasteiger partial charge < -0.3 is 10.4 Å². The highest BCUT2D eigenvalue weighted by atomic mass is 16.4. The number of aryl methyl sites for hydroxylation is 1. The first-order valence-electron chi connectivity index (χ1n) is 5.20. The van der Waals surface area contributed by atoms with Crippen molar-refractivity contribution in [1.82, 2.24) is 0 Å². The molecule has 0 aliphatic heterocycles. The van der Waals surface area contributed by atoms with Gasteiger partial charge in [-0.2, -0.15) is 0 Å². The average molecular weight is 233 g/mol. The third kappa shape index (κ3) is 3.45. The summed E-state index contributed by atoms with van der Waals surface area (Å²) in [5.41, 5.74) is 3.96. The number of carboxylic acid groups (broad SMARTS) is 1. The van der Waals surface area contributed by atoms with Gasteiger partial charge in [-0.15, -0.1) is 0 Å². The van der Waals surface area contributed by atoms with E-state index in [1.54, 1.807) is 0 Å². The normalized spacial score (nSPS) is 10.5.